The Morgan fingerprint density at radius 3 is 2.29 bits per heavy atom. The number of carbonyl (C=O) groups is 1. The smallest absolute Gasteiger partial charge is 0.277 e. The van der Waals surface area contributed by atoms with E-state index in [-0.39, 0.29) is 12.5 Å². The van der Waals surface area contributed by atoms with Crippen molar-refractivity contribution in [2.45, 2.75) is 27.7 Å². The van der Waals surface area contributed by atoms with E-state index in [1.54, 1.807) is 0 Å². The molecule has 1 N–H and O–H groups in total. The monoisotopic (exact) mass is 344 g/mol. The summed E-state index contributed by atoms with van der Waals surface area (Å²) < 4.78 is 5.50. The Hall–Kier alpha value is -2.33. The summed E-state index contributed by atoms with van der Waals surface area (Å²) in [4.78, 5) is 11.9. The van der Waals surface area contributed by atoms with Gasteiger partial charge in [-0.3, -0.25) is 4.79 Å². The maximum atomic E-state index is 11.9. The van der Waals surface area contributed by atoms with Crippen LogP contribution < -0.4 is 10.2 Å². The molecule has 0 saturated heterocycles. The number of ether oxygens (including phenoxy) is 1. The van der Waals surface area contributed by atoms with Crippen molar-refractivity contribution in [2.75, 3.05) is 6.61 Å². The first kappa shape index (κ1) is 18.0. The van der Waals surface area contributed by atoms with Gasteiger partial charge in [-0.15, -0.1) is 0 Å². The van der Waals surface area contributed by atoms with Crippen LogP contribution in [0.1, 0.15) is 29.2 Å². The molecule has 2 aromatic rings. The van der Waals surface area contributed by atoms with E-state index in [0.717, 1.165) is 22.4 Å². The van der Waals surface area contributed by atoms with Crippen LogP contribution in [0, 0.1) is 20.8 Å². The number of carbonyl (C=O) groups excluding carboxylic acids is 1. The van der Waals surface area contributed by atoms with Crippen LogP contribution in [0.4, 0.5) is 0 Å². The van der Waals surface area contributed by atoms with Gasteiger partial charge in [-0.1, -0.05) is 41.4 Å². The Labute approximate surface area is 147 Å². The predicted octanol–water partition coefficient (Wildman–Crippen LogP) is 4.18. The number of nitrogens with one attached hydrogen (secondary N) is 1. The minimum absolute atomic E-state index is 0.106. The first-order valence-electron chi connectivity index (χ1n) is 7.66. The second-order valence-corrected chi connectivity index (χ2v) is 6.14. The zero-order chi connectivity index (χ0) is 17.7. The Morgan fingerprint density at radius 2 is 1.71 bits per heavy atom. The number of hydrogen-bond acceptors (Lipinski definition) is 3. The molecule has 0 saturated carbocycles. The highest BCUT2D eigenvalue weighted by molar-refractivity contribution is 6.32. The Kier molecular flexibility index (Phi) is 5.99. The van der Waals surface area contributed by atoms with E-state index in [1.165, 1.54) is 5.56 Å². The first-order valence-corrected chi connectivity index (χ1v) is 8.04. The van der Waals surface area contributed by atoms with Gasteiger partial charge in [0.1, 0.15) is 5.75 Å². The number of amides is 1. The van der Waals surface area contributed by atoms with Gasteiger partial charge in [0, 0.05) is 5.02 Å². The molecule has 0 heterocycles. The fourth-order valence-electron chi connectivity index (χ4n) is 2.18. The molecule has 0 aliphatic carbocycles. The van der Waals surface area contributed by atoms with E-state index >= 15 is 0 Å². The van der Waals surface area contributed by atoms with E-state index in [9.17, 15) is 4.79 Å². The highest BCUT2D eigenvalue weighted by atomic mass is 35.5. The highest BCUT2D eigenvalue weighted by Gasteiger charge is 2.06. The molecule has 126 valence electrons. The molecule has 0 aliphatic rings. The second kappa shape index (κ2) is 7.97. The number of hydrogen-bond donors (Lipinski definition) is 1. The van der Waals surface area contributed by atoms with Gasteiger partial charge in [-0.25, -0.2) is 5.43 Å². The zero-order valence-electron chi connectivity index (χ0n) is 14.3. The van der Waals surface area contributed by atoms with Crippen LogP contribution in [-0.2, 0) is 4.79 Å². The number of hydrazone groups is 1. The normalized spacial score (nSPS) is 11.3. The van der Waals surface area contributed by atoms with Crippen LogP contribution >= 0.6 is 11.6 Å². The van der Waals surface area contributed by atoms with Crippen molar-refractivity contribution in [1.29, 1.82) is 0 Å². The van der Waals surface area contributed by atoms with Crippen LogP contribution in [0.5, 0.6) is 5.75 Å². The van der Waals surface area contributed by atoms with Gasteiger partial charge in [0.25, 0.3) is 5.91 Å². The van der Waals surface area contributed by atoms with Crippen molar-refractivity contribution in [3.63, 3.8) is 0 Å². The molecule has 5 heteroatoms. The largest absolute Gasteiger partial charge is 0.484 e. The fraction of sp³-hybridized carbons (Fsp3) is 0.263. The van der Waals surface area contributed by atoms with Crippen LogP contribution in [0.2, 0.25) is 5.02 Å². The number of nitrogens with zero attached hydrogens (tertiary/aromatic N) is 1. The van der Waals surface area contributed by atoms with Gasteiger partial charge in [0.05, 0.1) is 5.71 Å². The molecular formula is C19H21ClN2O2. The zero-order valence-corrected chi connectivity index (χ0v) is 15.1. The lowest BCUT2D eigenvalue weighted by Gasteiger charge is -2.09. The summed E-state index contributed by atoms with van der Waals surface area (Å²) in [6.07, 6.45) is 0. The maximum absolute atomic E-state index is 11.9. The van der Waals surface area contributed by atoms with E-state index < -0.39 is 0 Å². The summed E-state index contributed by atoms with van der Waals surface area (Å²) in [5, 5.41) is 4.81. The van der Waals surface area contributed by atoms with Crippen LogP contribution in [-0.4, -0.2) is 18.2 Å². The molecular weight excluding hydrogens is 324 g/mol. The van der Waals surface area contributed by atoms with Crippen molar-refractivity contribution in [3.05, 3.63) is 63.7 Å². The number of benzene rings is 2. The average molecular weight is 345 g/mol. The first-order chi connectivity index (χ1) is 11.4. The van der Waals surface area contributed by atoms with Crippen molar-refractivity contribution < 1.29 is 9.53 Å². The molecule has 0 atom stereocenters. The topological polar surface area (TPSA) is 50.7 Å². The Bertz CT molecular complexity index is 744. The molecule has 0 fully saturated rings. The minimum atomic E-state index is -0.313. The molecule has 1 amide bonds. The molecule has 2 aromatic carbocycles. The summed E-state index contributed by atoms with van der Waals surface area (Å²) in [7, 11) is 0. The highest BCUT2D eigenvalue weighted by Crippen LogP contribution is 2.25. The summed E-state index contributed by atoms with van der Waals surface area (Å²) in [6, 6.07) is 11.6. The van der Waals surface area contributed by atoms with Gasteiger partial charge in [0.15, 0.2) is 6.61 Å². The molecule has 24 heavy (non-hydrogen) atoms. The number of halogens is 1. The number of rotatable bonds is 5. The number of aryl methyl sites for hydroxylation is 3. The average Bonchev–Trinajstić information content (AvgIpc) is 2.56. The molecule has 0 bridgehead atoms. The van der Waals surface area contributed by atoms with Crippen molar-refractivity contribution in [2.24, 2.45) is 5.10 Å². The third-order valence-corrected chi connectivity index (χ3v) is 4.19. The van der Waals surface area contributed by atoms with Crippen molar-refractivity contribution >= 4 is 23.2 Å². The maximum Gasteiger partial charge on any atom is 0.277 e. The Morgan fingerprint density at radius 1 is 1.12 bits per heavy atom. The quantitative estimate of drug-likeness (QED) is 0.653. The van der Waals surface area contributed by atoms with E-state index in [4.69, 9.17) is 16.3 Å². The summed E-state index contributed by atoms with van der Waals surface area (Å²) in [5.41, 5.74) is 7.22. The molecule has 2 rings (SSSR count). The van der Waals surface area contributed by atoms with E-state index in [0.29, 0.717) is 10.8 Å². The molecule has 0 radical (unpaired) electrons. The van der Waals surface area contributed by atoms with Crippen LogP contribution in [0.25, 0.3) is 0 Å². The van der Waals surface area contributed by atoms with Crippen LogP contribution in [0.3, 0.4) is 0 Å². The third kappa shape index (κ3) is 4.83. The lowest BCUT2D eigenvalue weighted by molar-refractivity contribution is -0.123. The molecule has 0 aliphatic heterocycles. The van der Waals surface area contributed by atoms with E-state index in [1.807, 2.05) is 64.1 Å². The summed E-state index contributed by atoms with van der Waals surface area (Å²) >= 11 is 6.11. The van der Waals surface area contributed by atoms with Gasteiger partial charge < -0.3 is 4.74 Å². The van der Waals surface area contributed by atoms with Gasteiger partial charge >= 0.3 is 0 Å². The molecule has 0 aromatic heterocycles. The second-order valence-electron chi connectivity index (χ2n) is 5.76. The summed E-state index contributed by atoms with van der Waals surface area (Å²) in [6.45, 7) is 7.56. The SMILES string of the molecule is C/C(=N\NC(=O)COc1cc(C)c(Cl)c(C)c1)c1ccc(C)cc1. The molecule has 0 spiro atoms. The van der Waals surface area contributed by atoms with Gasteiger partial charge in [-0.05, 0) is 56.5 Å². The Balaban J connectivity index is 1.91. The molecule has 0 unspecified atom stereocenters. The summed E-state index contributed by atoms with van der Waals surface area (Å²) in [5.74, 6) is 0.301. The minimum Gasteiger partial charge on any atom is -0.484 e. The van der Waals surface area contributed by atoms with Crippen LogP contribution in [0.15, 0.2) is 41.5 Å². The van der Waals surface area contributed by atoms with Gasteiger partial charge in [-0.2, -0.15) is 5.10 Å². The van der Waals surface area contributed by atoms with Gasteiger partial charge in [0.2, 0.25) is 0 Å². The standard InChI is InChI=1S/C19H21ClN2O2/c1-12-5-7-16(8-6-12)15(4)21-22-18(23)11-24-17-9-13(2)19(20)14(3)10-17/h5-10H,11H2,1-4H3,(H,22,23)/b21-15+. The van der Waals surface area contributed by atoms with Crippen molar-refractivity contribution in [1.82, 2.24) is 5.43 Å². The lowest BCUT2D eigenvalue weighted by atomic mass is 10.1. The molecule has 4 nitrogen and oxygen atoms in total. The van der Waals surface area contributed by atoms with E-state index in [2.05, 4.69) is 10.5 Å². The fourth-order valence-corrected chi connectivity index (χ4v) is 2.29. The predicted molar refractivity (Wildman–Crippen MR) is 98.0 cm³/mol. The lowest BCUT2D eigenvalue weighted by Crippen LogP contribution is -2.25. The van der Waals surface area contributed by atoms with Crippen molar-refractivity contribution in [3.8, 4) is 5.75 Å². The third-order valence-electron chi connectivity index (χ3n) is 3.60.